The number of nitrogens with two attached hydrogens (primary N) is 1. The van der Waals surface area contributed by atoms with Crippen molar-refractivity contribution in [1.82, 2.24) is 9.80 Å². The highest BCUT2D eigenvalue weighted by Gasteiger charge is 2.13. The number of morpholine rings is 1. The summed E-state index contributed by atoms with van der Waals surface area (Å²) in [4.78, 5) is 21.2. The predicted octanol–water partition coefficient (Wildman–Crippen LogP) is 1.65. The lowest BCUT2D eigenvalue weighted by molar-refractivity contribution is -0.116. The van der Waals surface area contributed by atoms with Crippen LogP contribution < -0.4 is 11.1 Å². The molecule has 0 atom stereocenters. The molecule has 1 amide bonds. The van der Waals surface area contributed by atoms with Gasteiger partial charge in [0.25, 0.3) is 0 Å². The van der Waals surface area contributed by atoms with Crippen LogP contribution in [0.5, 0.6) is 0 Å². The number of nitrogens with zero attached hydrogens (tertiary/aromatic N) is 3. The number of piperidine rings is 1. The number of ether oxygens (including phenoxy) is 1. The van der Waals surface area contributed by atoms with Crippen molar-refractivity contribution >= 4 is 17.6 Å². The number of rotatable bonds is 6. The van der Waals surface area contributed by atoms with Gasteiger partial charge in [0.05, 0.1) is 19.8 Å². The molecule has 2 aliphatic rings. The highest BCUT2D eigenvalue weighted by molar-refractivity contribution is 5.90. The second-order valence-corrected chi connectivity index (χ2v) is 7.17. The van der Waals surface area contributed by atoms with Gasteiger partial charge >= 0.3 is 0 Å². The third-order valence-electron chi connectivity index (χ3n) is 5.07. The first-order valence-electron chi connectivity index (χ1n) is 9.94. The summed E-state index contributed by atoms with van der Waals surface area (Å²) in [6, 6.07) is 7.84. The van der Waals surface area contributed by atoms with Crippen molar-refractivity contribution in [2.75, 3.05) is 51.3 Å². The largest absolute Gasteiger partial charge is 0.379 e. The second kappa shape index (κ2) is 10.3. The summed E-state index contributed by atoms with van der Waals surface area (Å²) in [5.41, 5.74) is 7.97. The summed E-state index contributed by atoms with van der Waals surface area (Å²) < 4.78 is 5.33. The lowest BCUT2D eigenvalue weighted by Crippen LogP contribution is -2.40. The van der Waals surface area contributed by atoms with E-state index in [2.05, 4.69) is 20.1 Å². The van der Waals surface area contributed by atoms with Crippen LogP contribution >= 0.6 is 0 Å². The number of carbonyl (C=O) groups is 1. The highest BCUT2D eigenvalue weighted by Crippen LogP contribution is 2.13. The van der Waals surface area contributed by atoms with Crippen LogP contribution in [0.4, 0.5) is 5.69 Å². The summed E-state index contributed by atoms with van der Waals surface area (Å²) in [6.45, 7) is 6.60. The fourth-order valence-electron chi connectivity index (χ4n) is 3.45. The normalized spacial score (nSPS) is 19.1. The Morgan fingerprint density at radius 1 is 1.15 bits per heavy atom. The van der Waals surface area contributed by atoms with Gasteiger partial charge in [-0.05, 0) is 37.0 Å². The molecule has 1 aromatic rings. The van der Waals surface area contributed by atoms with Gasteiger partial charge in [0, 0.05) is 44.8 Å². The van der Waals surface area contributed by atoms with Crippen molar-refractivity contribution in [2.45, 2.75) is 32.2 Å². The zero-order chi connectivity index (χ0) is 18.9. The average molecular weight is 374 g/mol. The summed E-state index contributed by atoms with van der Waals surface area (Å²) in [5.74, 6) is 0.657. The Labute approximate surface area is 161 Å². The van der Waals surface area contributed by atoms with Crippen LogP contribution in [0.3, 0.4) is 0 Å². The Hall–Kier alpha value is -2.12. The molecule has 0 spiro atoms. The Kier molecular flexibility index (Phi) is 7.47. The van der Waals surface area contributed by atoms with Gasteiger partial charge in [-0.15, -0.1) is 0 Å². The van der Waals surface area contributed by atoms with Gasteiger partial charge in [-0.2, -0.15) is 0 Å². The van der Waals surface area contributed by atoms with E-state index >= 15 is 0 Å². The third-order valence-corrected chi connectivity index (χ3v) is 5.07. The lowest BCUT2D eigenvalue weighted by atomic mass is 10.1. The molecule has 27 heavy (non-hydrogen) atoms. The van der Waals surface area contributed by atoms with Gasteiger partial charge in [-0.3, -0.25) is 9.69 Å². The standard InChI is InChI=1S/C20H31N5O2/c21-20(25-8-2-1-3-9-25)22-16-17-5-4-6-18(15-17)23-19(26)7-10-24-11-13-27-14-12-24/h4-6,15H,1-3,7-14,16H2,(H2,21,22)(H,23,26). The molecule has 7 nitrogen and oxygen atoms in total. The van der Waals surface area contributed by atoms with Crippen LogP contribution in [-0.4, -0.2) is 67.6 Å². The number of aliphatic imine (C=N–C) groups is 1. The van der Waals surface area contributed by atoms with Crippen LogP contribution in [0.1, 0.15) is 31.2 Å². The van der Waals surface area contributed by atoms with E-state index < -0.39 is 0 Å². The number of benzene rings is 1. The Balaban J connectivity index is 1.46. The van der Waals surface area contributed by atoms with Gasteiger partial charge in [0.1, 0.15) is 0 Å². The minimum atomic E-state index is 0.0370. The fourth-order valence-corrected chi connectivity index (χ4v) is 3.45. The van der Waals surface area contributed by atoms with Crippen molar-refractivity contribution in [1.29, 1.82) is 0 Å². The number of nitrogens with one attached hydrogen (secondary N) is 1. The van der Waals surface area contributed by atoms with E-state index in [1.165, 1.54) is 19.3 Å². The van der Waals surface area contributed by atoms with E-state index in [-0.39, 0.29) is 5.91 Å². The number of guanidine groups is 1. The molecule has 0 unspecified atom stereocenters. The van der Waals surface area contributed by atoms with Crippen LogP contribution in [0.2, 0.25) is 0 Å². The molecule has 0 aliphatic carbocycles. The molecule has 0 aromatic heterocycles. The number of anilines is 1. The van der Waals surface area contributed by atoms with Crippen LogP contribution in [0.15, 0.2) is 29.3 Å². The Morgan fingerprint density at radius 2 is 1.93 bits per heavy atom. The Bertz CT molecular complexity index is 637. The quantitative estimate of drug-likeness (QED) is 0.585. The van der Waals surface area contributed by atoms with E-state index in [0.29, 0.717) is 18.9 Å². The zero-order valence-corrected chi connectivity index (χ0v) is 16.0. The minimum Gasteiger partial charge on any atom is -0.379 e. The van der Waals surface area contributed by atoms with Gasteiger partial charge in [0.2, 0.25) is 5.91 Å². The molecule has 7 heteroatoms. The molecule has 2 saturated heterocycles. The molecule has 1 aromatic carbocycles. The minimum absolute atomic E-state index is 0.0370. The molecule has 0 bridgehead atoms. The smallest absolute Gasteiger partial charge is 0.225 e. The summed E-state index contributed by atoms with van der Waals surface area (Å²) >= 11 is 0. The molecular formula is C20H31N5O2. The molecule has 148 valence electrons. The van der Waals surface area contributed by atoms with Gasteiger partial charge in [-0.1, -0.05) is 12.1 Å². The molecule has 2 aliphatic heterocycles. The molecule has 0 radical (unpaired) electrons. The zero-order valence-electron chi connectivity index (χ0n) is 16.0. The number of hydrogen-bond acceptors (Lipinski definition) is 4. The topological polar surface area (TPSA) is 83.2 Å². The van der Waals surface area contributed by atoms with E-state index in [0.717, 1.165) is 57.2 Å². The van der Waals surface area contributed by atoms with Crippen LogP contribution in [0, 0.1) is 0 Å². The fraction of sp³-hybridized carbons (Fsp3) is 0.600. The maximum atomic E-state index is 12.2. The Morgan fingerprint density at radius 3 is 2.70 bits per heavy atom. The molecule has 2 fully saturated rings. The summed E-state index contributed by atoms with van der Waals surface area (Å²) in [7, 11) is 0. The summed E-state index contributed by atoms with van der Waals surface area (Å²) in [6.07, 6.45) is 4.13. The predicted molar refractivity (Wildman–Crippen MR) is 108 cm³/mol. The first-order chi connectivity index (χ1) is 13.2. The number of likely N-dealkylation sites (tertiary alicyclic amines) is 1. The van der Waals surface area contributed by atoms with Crippen molar-refractivity contribution in [2.24, 2.45) is 10.7 Å². The monoisotopic (exact) mass is 373 g/mol. The van der Waals surface area contributed by atoms with Crippen molar-refractivity contribution in [3.05, 3.63) is 29.8 Å². The average Bonchev–Trinajstić information content (AvgIpc) is 2.72. The first kappa shape index (κ1) is 19.6. The third kappa shape index (κ3) is 6.52. The second-order valence-electron chi connectivity index (χ2n) is 7.17. The van der Waals surface area contributed by atoms with E-state index in [1.807, 2.05) is 24.3 Å². The van der Waals surface area contributed by atoms with Crippen molar-refractivity contribution in [3.63, 3.8) is 0 Å². The van der Waals surface area contributed by atoms with Gasteiger partial charge in [-0.25, -0.2) is 4.99 Å². The number of carbonyl (C=O) groups excluding carboxylic acids is 1. The molecule has 0 saturated carbocycles. The van der Waals surface area contributed by atoms with Crippen molar-refractivity contribution in [3.8, 4) is 0 Å². The van der Waals surface area contributed by atoms with Crippen LogP contribution in [0.25, 0.3) is 0 Å². The molecule has 3 N–H and O–H groups in total. The summed E-state index contributed by atoms with van der Waals surface area (Å²) in [5, 5.41) is 2.99. The number of hydrogen-bond donors (Lipinski definition) is 2. The number of amides is 1. The maximum Gasteiger partial charge on any atom is 0.225 e. The van der Waals surface area contributed by atoms with Gasteiger partial charge < -0.3 is 20.7 Å². The van der Waals surface area contributed by atoms with E-state index in [9.17, 15) is 4.79 Å². The SMILES string of the molecule is NC(=NCc1cccc(NC(=O)CCN2CCOCC2)c1)N1CCCCC1. The van der Waals surface area contributed by atoms with Crippen molar-refractivity contribution < 1.29 is 9.53 Å². The van der Waals surface area contributed by atoms with E-state index in [1.54, 1.807) is 0 Å². The molecule has 2 heterocycles. The maximum absolute atomic E-state index is 12.2. The first-order valence-corrected chi connectivity index (χ1v) is 9.94. The highest BCUT2D eigenvalue weighted by atomic mass is 16.5. The molecular weight excluding hydrogens is 342 g/mol. The van der Waals surface area contributed by atoms with Gasteiger partial charge in [0.15, 0.2) is 5.96 Å². The molecule has 3 rings (SSSR count). The van der Waals surface area contributed by atoms with E-state index in [4.69, 9.17) is 10.5 Å². The van der Waals surface area contributed by atoms with Crippen LogP contribution in [-0.2, 0) is 16.1 Å². The lowest BCUT2D eigenvalue weighted by Gasteiger charge is -2.27.